The highest BCUT2D eigenvalue weighted by Crippen LogP contribution is 2.17. The van der Waals surface area contributed by atoms with Gasteiger partial charge in [0.05, 0.1) is 11.1 Å². The number of carbonyl (C=O) groups excluding carboxylic acids is 1. The Bertz CT molecular complexity index is 726. The quantitative estimate of drug-likeness (QED) is 0.800. The Balaban J connectivity index is 2.16. The molecule has 0 saturated carbocycles. The number of amides is 1. The van der Waals surface area contributed by atoms with E-state index in [1.807, 2.05) is 0 Å². The molecular formula is C15H11NO6. The first-order chi connectivity index (χ1) is 10.5. The Labute approximate surface area is 124 Å². The first-order valence-corrected chi connectivity index (χ1v) is 6.12. The second-order valence-corrected chi connectivity index (χ2v) is 4.20. The van der Waals surface area contributed by atoms with Gasteiger partial charge in [-0.1, -0.05) is 18.2 Å². The van der Waals surface area contributed by atoms with Gasteiger partial charge in [0.25, 0.3) is 0 Å². The first-order valence-electron chi connectivity index (χ1n) is 6.12. The van der Waals surface area contributed by atoms with E-state index in [4.69, 9.17) is 14.9 Å². The van der Waals surface area contributed by atoms with Crippen molar-refractivity contribution in [3.63, 3.8) is 0 Å². The van der Waals surface area contributed by atoms with E-state index < -0.39 is 23.6 Å². The summed E-state index contributed by atoms with van der Waals surface area (Å²) in [5.41, 5.74) is -0.678. The minimum absolute atomic E-state index is 0.114. The molecule has 112 valence electrons. The van der Waals surface area contributed by atoms with Crippen LogP contribution in [-0.4, -0.2) is 28.2 Å². The predicted molar refractivity (Wildman–Crippen MR) is 76.4 cm³/mol. The molecule has 2 rings (SSSR count). The van der Waals surface area contributed by atoms with Crippen LogP contribution in [0.5, 0.6) is 5.75 Å². The van der Waals surface area contributed by atoms with Crippen molar-refractivity contribution in [2.75, 3.05) is 5.32 Å². The summed E-state index contributed by atoms with van der Waals surface area (Å²) in [6.45, 7) is 0. The minimum Gasteiger partial charge on any atom is -0.478 e. The lowest BCUT2D eigenvalue weighted by molar-refractivity contribution is 0.0651. The maximum absolute atomic E-state index is 11.7. The molecule has 1 amide bonds. The molecule has 0 unspecified atom stereocenters. The summed E-state index contributed by atoms with van der Waals surface area (Å²) in [6.07, 6.45) is -0.814. The fourth-order valence-corrected chi connectivity index (χ4v) is 1.72. The fourth-order valence-electron chi connectivity index (χ4n) is 1.72. The lowest BCUT2D eigenvalue weighted by Crippen LogP contribution is -2.17. The zero-order chi connectivity index (χ0) is 16.1. The summed E-state index contributed by atoms with van der Waals surface area (Å²) >= 11 is 0. The number of carbonyl (C=O) groups is 3. The molecule has 2 aromatic carbocycles. The number of benzene rings is 2. The van der Waals surface area contributed by atoms with Crippen LogP contribution >= 0.6 is 0 Å². The van der Waals surface area contributed by atoms with E-state index in [2.05, 4.69) is 5.32 Å². The number of hydrogen-bond acceptors (Lipinski definition) is 4. The Kier molecular flexibility index (Phi) is 4.38. The molecule has 7 heteroatoms. The van der Waals surface area contributed by atoms with Crippen LogP contribution in [0.15, 0.2) is 48.5 Å². The second kappa shape index (κ2) is 6.40. The molecule has 3 N–H and O–H groups in total. The van der Waals surface area contributed by atoms with Crippen LogP contribution in [0.1, 0.15) is 20.7 Å². The molecule has 0 aromatic heterocycles. The van der Waals surface area contributed by atoms with Gasteiger partial charge in [-0.05, 0) is 30.3 Å². The summed E-state index contributed by atoms with van der Waals surface area (Å²) < 4.78 is 4.98. The maximum Gasteiger partial charge on any atom is 0.417 e. The van der Waals surface area contributed by atoms with Crippen molar-refractivity contribution in [1.29, 1.82) is 0 Å². The molecular weight excluding hydrogens is 290 g/mol. The number of rotatable bonds is 4. The molecule has 0 aliphatic carbocycles. The summed E-state index contributed by atoms with van der Waals surface area (Å²) in [7, 11) is 0. The molecule has 2 aromatic rings. The molecule has 0 radical (unpaired) electrons. The van der Waals surface area contributed by atoms with Crippen LogP contribution < -0.4 is 10.1 Å². The smallest absolute Gasteiger partial charge is 0.417 e. The highest BCUT2D eigenvalue weighted by molar-refractivity contribution is 6.03. The predicted octanol–water partition coefficient (Wildman–Crippen LogP) is 2.69. The van der Waals surface area contributed by atoms with Gasteiger partial charge in [-0.25, -0.2) is 14.4 Å². The van der Waals surface area contributed by atoms with Gasteiger partial charge in [0.1, 0.15) is 5.75 Å². The van der Waals surface area contributed by atoms with Gasteiger partial charge < -0.3 is 14.9 Å². The molecule has 0 aliphatic heterocycles. The Morgan fingerprint density at radius 1 is 0.864 bits per heavy atom. The van der Waals surface area contributed by atoms with Crippen molar-refractivity contribution >= 4 is 23.7 Å². The molecule has 0 atom stereocenters. The molecule has 0 spiro atoms. The van der Waals surface area contributed by atoms with Gasteiger partial charge in [-0.2, -0.15) is 0 Å². The second-order valence-electron chi connectivity index (χ2n) is 4.20. The Hall–Kier alpha value is -3.35. The maximum atomic E-state index is 11.7. The van der Waals surface area contributed by atoms with Gasteiger partial charge in [-0.3, -0.25) is 5.32 Å². The first kappa shape index (κ1) is 15.0. The van der Waals surface area contributed by atoms with Crippen LogP contribution in [0.25, 0.3) is 0 Å². The number of nitrogens with one attached hydrogen (secondary N) is 1. The topological polar surface area (TPSA) is 113 Å². The largest absolute Gasteiger partial charge is 0.478 e. The van der Waals surface area contributed by atoms with E-state index in [9.17, 15) is 14.4 Å². The number of anilines is 1. The van der Waals surface area contributed by atoms with Gasteiger partial charge >= 0.3 is 18.0 Å². The molecule has 0 aliphatic rings. The van der Waals surface area contributed by atoms with Crippen molar-refractivity contribution in [2.45, 2.75) is 0 Å². The van der Waals surface area contributed by atoms with E-state index in [1.165, 1.54) is 6.07 Å². The van der Waals surface area contributed by atoms with Crippen molar-refractivity contribution in [1.82, 2.24) is 0 Å². The average Bonchev–Trinajstić information content (AvgIpc) is 2.47. The van der Waals surface area contributed by atoms with E-state index in [0.717, 1.165) is 12.1 Å². The lowest BCUT2D eigenvalue weighted by atomic mass is 10.1. The third-order valence-corrected chi connectivity index (χ3v) is 2.68. The van der Waals surface area contributed by atoms with Crippen LogP contribution in [0.4, 0.5) is 10.5 Å². The summed E-state index contributed by atoms with van der Waals surface area (Å²) in [5.74, 6) is -2.45. The van der Waals surface area contributed by atoms with Crippen LogP contribution in [0.2, 0.25) is 0 Å². The monoisotopic (exact) mass is 301 g/mol. The Morgan fingerprint density at radius 2 is 1.50 bits per heavy atom. The highest BCUT2D eigenvalue weighted by atomic mass is 16.6. The van der Waals surface area contributed by atoms with Gasteiger partial charge in [-0.15, -0.1) is 0 Å². The van der Waals surface area contributed by atoms with Gasteiger partial charge in [0.2, 0.25) is 0 Å². The van der Waals surface area contributed by atoms with Crippen molar-refractivity contribution in [2.24, 2.45) is 0 Å². The van der Waals surface area contributed by atoms with Crippen molar-refractivity contribution in [3.8, 4) is 5.75 Å². The fraction of sp³-hybridized carbons (Fsp3) is 0. The average molecular weight is 301 g/mol. The zero-order valence-electron chi connectivity index (χ0n) is 11.1. The Morgan fingerprint density at radius 3 is 2.09 bits per heavy atom. The summed E-state index contributed by atoms with van der Waals surface area (Å²) in [6, 6.07) is 11.7. The van der Waals surface area contributed by atoms with E-state index in [0.29, 0.717) is 5.75 Å². The summed E-state index contributed by atoms with van der Waals surface area (Å²) in [5, 5.41) is 20.2. The number of ether oxygens (including phenoxy) is 1. The molecule has 0 heterocycles. The number of hydrogen-bond donors (Lipinski definition) is 3. The van der Waals surface area contributed by atoms with Crippen molar-refractivity contribution < 1.29 is 29.3 Å². The highest BCUT2D eigenvalue weighted by Gasteiger charge is 2.17. The number of aromatic carboxylic acids is 2. The molecule has 0 bridgehead atoms. The standard InChI is InChI=1S/C15H11NO6/c17-13(18)11-7-6-9(8-12(11)14(19)20)16-15(21)22-10-4-2-1-3-5-10/h1-8H,(H,16,21)(H,17,18)(H,19,20). The normalized spacial score (nSPS) is 9.82. The third-order valence-electron chi connectivity index (χ3n) is 2.68. The molecule has 7 nitrogen and oxygen atoms in total. The van der Waals surface area contributed by atoms with Crippen molar-refractivity contribution in [3.05, 3.63) is 59.7 Å². The van der Waals surface area contributed by atoms with Gasteiger partial charge in [0, 0.05) is 5.69 Å². The van der Waals surface area contributed by atoms with Crippen LogP contribution in [0, 0.1) is 0 Å². The molecule has 0 fully saturated rings. The van der Waals surface area contributed by atoms with Crippen LogP contribution in [0.3, 0.4) is 0 Å². The number of para-hydroxylation sites is 1. The van der Waals surface area contributed by atoms with E-state index in [1.54, 1.807) is 30.3 Å². The zero-order valence-corrected chi connectivity index (χ0v) is 11.1. The number of carboxylic acid groups (broad SMARTS) is 2. The van der Waals surface area contributed by atoms with Crippen LogP contribution in [-0.2, 0) is 0 Å². The van der Waals surface area contributed by atoms with E-state index >= 15 is 0 Å². The minimum atomic E-state index is -1.41. The molecule has 22 heavy (non-hydrogen) atoms. The molecule has 0 saturated heterocycles. The third kappa shape index (κ3) is 3.60. The summed E-state index contributed by atoms with van der Waals surface area (Å²) in [4.78, 5) is 33.7. The van der Waals surface area contributed by atoms with E-state index in [-0.39, 0.29) is 11.3 Å². The SMILES string of the molecule is O=C(Nc1ccc(C(=O)O)c(C(=O)O)c1)Oc1ccccc1. The van der Waals surface area contributed by atoms with Gasteiger partial charge in [0.15, 0.2) is 0 Å². The number of carboxylic acids is 2. The lowest BCUT2D eigenvalue weighted by Gasteiger charge is -2.08.